The van der Waals surface area contributed by atoms with Gasteiger partial charge in [0, 0.05) is 14.3 Å². The first-order valence-corrected chi connectivity index (χ1v) is 7.93. The van der Waals surface area contributed by atoms with Crippen molar-refractivity contribution in [3.8, 4) is 0 Å². The number of hydrogen-bond donors (Lipinski definition) is 1. The molecule has 0 aliphatic carbocycles. The van der Waals surface area contributed by atoms with Gasteiger partial charge in [-0.25, -0.2) is 0 Å². The minimum Gasteiger partial charge on any atom is -0.392 e. The summed E-state index contributed by atoms with van der Waals surface area (Å²) in [7, 11) is 0. The smallest absolute Gasteiger partial charge is 0.0692 e. The second kappa shape index (κ2) is 6.00. The molecule has 0 spiro atoms. The van der Waals surface area contributed by atoms with Crippen LogP contribution in [0.25, 0.3) is 10.8 Å². The van der Waals surface area contributed by atoms with E-state index < -0.39 is 0 Å². The second-order valence-electron chi connectivity index (χ2n) is 4.52. The minimum atomic E-state index is 0.0570. The van der Waals surface area contributed by atoms with Crippen LogP contribution < -0.4 is 0 Å². The molecule has 0 aromatic heterocycles. The Labute approximate surface area is 130 Å². The molecule has 100 valence electrons. The first kappa shape index (κ1) is 13.7. The predicted molar refractivity (Wildman–Crippen MR) is 88.1 cm³/mol. The highest BCUT2D eigenvalue weighted by Crippen LogP contribution is 2.32. The van der Waals surface area contributed by atoms with E-state index in [1.165, 1.54) is 15.7 Å². The molecule has 3 aromatic rings. The lowest BCUT2D eigenvalue weighted by Gasteiger charge is -2.06. The van der Waals surface area contributed by atoms with E-state index in [-0.39, 0.29) is 6.61 Å². The number of hydrogen-bond acceptors (Lipinski definition) is 2. The third kappa shape index (κ3) is 2.90. The van der Waals surface area contributed by atoms with Crippen LogP contribution >= 0.6 is 27.7 Å². The van der Waals surface area contributed by atoms with Crippen LogP contribution in [-0.4, -0.2) is 5.11 Å². The second-order valence-corrected chi connectivity index (χ2v) is 6.52. The van der Waals surface area contributed by atoms with E-state index in [0.29, 0.717) is 0 Å². The molecule has 0 unspecified atom stereocenters. The number of aliphatic hydroxyl groups excluding tert-OH is 1. The summed E-state index contributed by atoms with van der Waals surface area (Å²) in [5.41, 5.74) is 0.910. The topological polar surface area (TPSA) is 20.2 Å². The zero-order valence-corrected chi connectivity index (χ0v) is 13.1. The van der Waals surface area contributed by atoms with E-state index >= 15 is 0 Å². The van der Waals surface area contributed by atoms with Gasteiger partial charge in [-0.1, -0.05) is 64.1 Å². The van der Waals surface area contributed by atoms with Gasteiger partial charge in [0.05, 0.1) is 6.61 Å². The summed E-state index contributed by atoms with van der Waals surface area (Å²) in [6.07, 6.45) is 0. The van der Waals surface area contributed by atoms with E-state index in [2.05, 4.69) is 58.4 Å². The van der Waals surface area contributed by atoms with E-state index in [0.717, 1.165) is 14.9 Å². The summed E-state index contributed by atoms with van der Waals surface area (Å²) in [6.45, 7) is 0.0570. The number of aliphatic hydroxyl groups is 1. The van der Waals surface area contributed by atoms with Crippen molar-refractivity contribution < 1.29 is 5.11 Å². The van der Waals surface area contributed by atoms with Crippen LogP contribution in [0.1, 0.15) is 5.56 Å². The first-order chi connectivity index (χ1) is 9.76. The van der Waals surface area contributed by atoms with Gasteiger partial charge in [0.1, 0.15) is 0 Å². The molecule has 0 aliphatic rings. The Morgan fingerprint density at radius 2 is 1.55 bits per heavy atom. The summed E-state index contributed by atoms with van der Waals surface area (Å²) in [4.78, 5) is 2.37. The van der Waals surface area contributed by atoms with Gasteiger partial charge in [-0.3, -0.25) is 0 Å². The molecule has 3 aromatic carbocycles. The maximum Gasteiger partial charge on any atom is 0.0692 e. The van der Waals surface area contributed by atoms with Gasteiger partial charge in [-0.05, 0) is 40.6 Å². The fraction of sp³-hybridized carbons (Fsp3) is 0.0588. The number of halogens is 1. The van der Waals surface area contributed by atoms with Crippen LogP contribution in [0, 0.1) is 0 Å². The maximum absolute atomic E-state index is 9.18. The number of fused-ring (bicyclic) bond motifs is 1. The molecule has 0 saturated carbocycles. The van der Waals surface area contributed by atoms with Crippen LogP contribution in [0.4, 0.5) is 0 Å². The average molecular weight is 345 g/mol. The summed E-state index contributed by atoms with van der Waals surface area (Å²) < 4.78 is 0.950. The van der Waals surface area contributed by atoms with Crippen LogP contribution in [0.15, 0.2) is 74.9 Å². The van der Waals surface area contributed by atoms with Gasteiger partial charge in [0.15, 0.2) is 0 Å². The first-order valence-electron chi connectivity index (χ1n) is 6.32. The molecular weight excluding hydrogens is 332 g/mol. The predicted octanol–water partition coefficient (Wildman–Crippen LogP) is 5.25. The van der Waals surface area contributed by atoms with Crippen LogP contribution in [-0.2, 0) is 6.61 Å². The Balaban J connectivity index is 1.90. The molecule has 0 heterocycles. The highest BCUT2D eigenvalue weighted by atomic mass is 79.9. The van der Waals surface area contributed by atoms with Gasteiger partial charge in [-0.15, -0.1) is 0 Å². The third-order valence-corrected chi connectivity index (χ3v) is 4.87. The molecule has 1 N–H and O–H groups in total. The molecule has 0 saturated heterocycles. The molecule has 0 bridgehead atoms. The summed E-state index contributed by atoms with van der Waals surface area (Å²) in [5.74, 6) is 0. The Hall–Kier alpha value is -1.29. The van der Waals surface area contributed by atoms with Crippen LogP contribution in [0.2, 0.25) is 0 Å². The average Bonchev–Trinajstić information content (AvgIpc) is 2.47. The van der Waals surface area contributed by atoms with Gasteiger partial charge in [0.25, 0.3) is 0 Å². The Morgan fingerprint density at radius 1 is 0.850 bits per heavy atom. The lowest BCUT2D eigenvalue weighted by molar-refractivity contribution is 0.281. The number of rotatable bonds is 3. The Kier molecular flexibility index (Phi) is 4.10. The molecule has 0 aliphatic heterocycles. The van der Waals surface area contributed by atoms with Crippen molar-refractivity contribution >= 4 is 38.5 Å². The van der Waals surface area contributed by atoms with E-state index in [4.69, 9.17) is 0 Å². The quantitative estimate of drug-likeness (QED) is 0.700. The van der Waals surface area contributed by atoms with E-state index in [9.17, 15) is 5.11 Å². The third-order valence-electron chi connectivity index (χ3n) is 3.15. The normalized spacial score (nSPS) is 10.9. The van der Waals surface area contributed by atoms with Crippen LogP contribution in [0.3, 0.4) is 0 Å². The summed E-state index contributed by atoms with van der Waals surface area (Å²) in [5, 5.41) is 11.7. The SMILES string of the molecule is OCc1ccc(Sc2ccc3ccccc3c2)cc1Br. The highest BCUT2D eigenvalue weighted by Gasteiger charge is 2.03. The Morgan fingerprint density at radius 3 is 2.30 bits per heavy atom. The molecule has 0 amide bonds. The van der Waals surface area contributed by atoms with Crippen molar-refractivity contribution in [3.63, 3.8) is 0 Å². The van der Waals surface area contributed by atoms with Crippen molar-refractivity contribution in [1.82, 2.24) is 0 Å². The zero-order chi connectivity index (χ0) is 13.9. The molecule has 0 fully saturated rings. The van der Waals surface area contributed by atoms with Crippen molar-refractivity contribution in [1.29, 1.82) is 0 Å². The fourth-order valence-corrected chi connectivity index (χ4v) is 3.65. The van der Waals surface area contributed by atoms with Crippen LogP contribution in [0.5, 0.6) is 0 Å². The zero-order valence-electron chi connectivity index (χ0n) is 10.7. The Bertz CT molecular complexity index is 755. The van der Waals surface area contributed by atoms with E-state index in [1.54, 1.807) is 11.8 Å². The van der Waals surface area contributed by atoms with E-state index in [1.807, 2.05) is 18.2 Å². The minimum absolute atomic E-state index is 0.0570. The van der Waals surface area contributed by atoms with Gasteiger partial charge in [-0.2, -0.15) is 0 Å². The molecule has 1 nitrogen and oxygen atoms in total. The highest BCUT2D eigenvalue weighted by molar-refractivity contribution is 9.10. The summed E-state index contributed by atoms with van der Waals surface area (Å²) in [6, 6.07) is 20.9. The monoisotopic (exact) mass is 344 g/mol. The lowest BCUT2D eigenvalue weighted by atomic mass is 10.1. The fourth-order valence-electron chi connectivity index (χ4n) is 2.09. The van der Waals surface area contributed by atoms with Gasteiger partial charge in [0.2, 0.25) is 0 Å². The standard InChI is InChI=1S/C17H13BrOS/c18-17-10-16(8-6-14(17)11-19)20-15-7-5-12-3-1-2-4-13(12)9-15/h1-10,19H,11H2. The van der Waals surface area contributed by atoms with Gasteiger partial charge >= 0.3 is 0 Å². The molecular formula is C17H13BrOS. The summed E-state index contributed by atoms with van der Waals surface area (Å²) >= 11 is 5.21. The van der Waals surface area contributed by atoms with Crippen molar-refractivity contribution in [2.24, 2.45) is 0 Å². The maximum atomic E-state index is 9.18. The molecule has 0 atom stereocenters. The molecule has 3 rings (SSSR count). The molecule has 20 heavy (non-hydrogen) atoms. The lowest BCUT2D eigenvalue weighted by Crippen LogP contribution is -1.85. The van der Waals surface area contributed by atoms with Crippen molar-refractivity contribution in [2.45, 2.75) is 16.4 Å². The molecule has 0 radical (unpaired) electrons. The number of benzene rings is 3. The van der Waals surface area contributed by atoms with Crippen molar-refractivity contribution in [3.05, 3.63) is 70.7 Å². The largest absolute Gasteiger partial charge is 0.392 e. The molecule has 3 heteroatoms. The van der Waals surface area contributed by atoms with Crippen molar-refractivity contribution in [2.75, 3.05) is 0 Å². The van der Waals surface area contributed by atoms with Gasteiger partial charge < -0.3 is 5.11 Å².